The molecule has 100 valence electrons. The molecule has 1 aromatic rings. The molecule has 4 nitrogen and oxygen atoms in total. The smallest absolute Gasteiger partial charge is 0.233 e. The van der Waals surface area contributed by atoms with Gasteiger partial charge >= 0.3 is 0 Å². The molecule has 0 amide bonds. The van der Waals surface area contributed by atoms with E-state index in [1.165, 1.54) is 25.7 Å². The van der Waals surface area contributed by atoms with Crippen LogP contribution in [0.2, 0.25) is 0 Å². The summed E-state index contributed by atoms with van der Waals surface area (Å²) in [6.07, 6.45) is 6.13. The summed E-state index contributed by atoms with van der Waals surface area (Å²) >= 11 is 0. The van der Waals surface area contributed by atoms with Crippen LogP contribution >= 0.6 is 0 Å². The molecule has 0 bridgehead atoms. The van der Waals surface area contributed by atoms with Crippen molar-refractivity contribution < 1.29 is 4.52 Å². The molecular weight excluding hydrogens is 226 g/mol. The first-order valence-electron chi connectivity index (χ1n) is 7.22. The van der Waals surface area contributed by atoms with Crippen molar-refractivity contribution in [1.82, 2.24) is 15.5 Å². The van der Waals surface area contributed by atoms with E-state index in [0.29, 0.717) is 5.92 Å². The molecule has 4 heteroatoms. The lowest BCUT2D eigenvalue weighted by molar-refractivity contribution is 0.296. The minimum atomic E-state index is 0.0488. The molecule has 0 aromatic carbocycles. The summed E-state index contributed by atoms with van der Waals surface area (Å²) in [4.78, 5) is 4.69. The normalized spacial score (nSPS) is 37.0. The molecule has 18 heavy (non-hydrogen) atoms. The van der Waals surface area contributed by atoms with Crippen molar-refractivity contribution in [2.45, 2.75) is 57.3 Å². The zero-order valence-corrected chi connectivity index (χ0v) is 11.4. The van der Waals surface area contributed by atoms with Gasteiger partial charge < -0.3 is 9.84 Å². The largest absolute Gasteiger partial charge is 0.339 e. The van der Waals surface area contributed by atoms with Gasteiger partial charge in [0.2, 0.25) is 5.89 Å². The predicted octanol–water partition coefficient (Wildman–Crippen LogP) is 2.61. The molecule has 2 fully saturated rings. The third kappa shape index (κ3) is 2.18. The summed E-state index contributed by atoms with van der Waals surface area (Å²) in [6, 6.07) is 0. The fourth-order valence-electron chi connectivity index (χ4n) is 3.16. The van der Waals surface area contributed by atoms with Gasteiger partial charge in [0, 0.05) is 12.5 Å². The minimum Gasteiger partial charge on any atom is -0.339 e. The summed E-state index contributed by atoms with van der Waals surface area (Å²) in [5, 5.41) is 7.62. The third-order valence-corrected chi connectivity index (χ3v) is 4.71. The highest BCUT2D eigenvalue weighted by atomic mass is 16.5. The van der Waals surface area contributed by atoms with E-state index in [4.69, 9.17) is 9.51 Å². The van der Waals surface area contributed by atoms with Gasteiger partial charge in [-0.3, -0.25) is 0 Å². The highest BCUT2D eigenvalue weighted by molar-refractivity contribution is 5.09. The van der Waals surface area contributed by atoms with Crippen molar-refractivity contribution in [3.05, 3.63) is 11.7 Å². The molecule has 1 aromatic heterocycles. The minimum absolute atomic E-state index is 0.0488. The lowest BCUT2D eigenvalue weighted by Crippen LogP contribution is -2.25. The Kier molecular flexibility index (Phi) is 3.14. The van der Waals surface area contributed by atoms with Gasteiger partial charge in [-0.2, -0.15) is 4.98 Å². The third-order valence-electron chi connectivity index (χ3n) is 4.71. The van der Waals surface area contributed by atoms with Gasteiger partial charge in [0.25, 0.3) is 0 Å². The Hall–Kier alpha value is -0.900. The molecule has 1 atom stereocenters. The molecule has 0 spiro atoms. The Morgan fingerprint density at radius 2 is 2.06 bits per heavy atom. The second-order valence-corrected chi connectivity index (χ2v) is 6.40. The summed E-state index contributed by atoms with van der Waals surface area (Å²) in [5.74, 6) is 3.17. The number of nitrogens with zero attached hydrogens (tertiary/aromatic N) is 2. The van der Waals surface area contributed by atoms with E-state index in [1.54, 1.807) is 0 Å². The van der Waals surface area contributed by atoms with Crippen LogP contribution in [-0.4, -0.2) is 23.2 Å². The number of hydrogen-bond donors (Lipinski definition) is 1. The second-order valence-electron chi connectivity index (χ2n) is 6.40. The molecule has 1 unspecified atom stereocenters. The first kappa shape index (κ1) is 12.2. The summed E-state index contributed by atoms with van der Waals surface area (Å²) in [6.45, 7) is 6.56. The monoisotopic (exact) mass is 249 g/mol. The first-order valence-corrected chi connectivity index (χ1v) is 7.22. The van der Waals surface area contributed by atoms with E-state index >= 15 is 0 Å². The summed E-state index contributed by atoms with van der Waals surface area (Å²) in [5.41, 5.74) is 0.0488. The maximum absolute atomic E-state index is 5.53. The number of nitrogens with one attached hydrogen (secondary N) is 1. The van der Waals surface area contributed by atoms with Crippen molar-refractivity contribution in [3.63, 3.8) is 0 Å². The van der Waals surface area contributed by atoms with E-state index < -0.39 is 0 Å². The van der Waals surface area contributed by atoms with E-state index in [2.05, 4.69) is 24.3 Å². The Morgan fingerprint density at radius 3 is 2.72 bits per heavy atom. The first-order chi connectivity index (χ1) is 8.67. The lowest BCUT2D eigenvalue weighted by Gasteiger charge is -2.23. The van der Waals surface area contributed by atoms with Gasteiger partial charge in [-0.1, -0.05) is 24.9 Å². The maximum atomic E-state index is 5.53. The summed E-state index contributed by atoms with van der Waals surface area (Å²) < 4.78 is 5.53. The molecule has 1 saturated heterocycles. The number of hydrogen-bond acceptors (Lipinski definition) is 4. The Labute approximate surface area is 109 Å². The topological polar surface area (TPSA) is 51.0 Å². The fourth-order valence-corrected chi connectivity index (χ4v) is 3.16. The lowest BCUT2D eigenvalue weighted by atomic mass is 9.82. The summed E-state index contributed by atoms with van der Waals surface area (Å²) in [7, 11) is 0. The van der Waals surface area contributed by atoms with Crippen LogP contribution in [-0.2, 0) is 5.41 Å². The van der Waals surface area contributed by atoms with Crippen molar-refractivity contribution >= 4 is 0 Å². The highest BCUT2D eigenvalue weighted by Crippen LogP contribution is 2.36. The van der Waals surface area contributed by atoms with Gasteiger partial charge in [0.15, 0.2) is 5.82 Å². The van der Waals surface area contributed by atoms with Gasteiger partial charge in [-0.15, -0.1) is 0 Å². The number of rotatable bonds is 2. The van der Waals surface area contributed by atoms with Crippen LogP contribution < -0.4 is 5.32 Å². The molecule has 1 aliphatic carbocycles. The van der Waals surface area contributed by atoms with Crippen LogP contribution in [0.5, 0.6) is 0 Å². The van der Waals surface area contributed by atoms with Crippen molar-refractivity contribution in [3.8, 4) is 0 Å². The molecule has 0 radical (unpaired) electrons. The van der Waals surface area contributed by atoms with E-state index in [1.807, 2.05) is 0 Å². The molecule has 2 heterocycles. The van der Waals surface area contributed by atoms with Gasteiger partial charge in [0.05, 0.1) is 5.41 Å². The molecule has 3 rings (SSSR count). The Balaban J connectivity index is 1.73. The molecular formula is C14H23N3O. The fraction of sp³-hybridized carbons (Fsp3) is 0.857. The van der Waals surface area contributed by atoms with Crippen molar-refractivity contribution in [1.29, 1.82) is 0 Å². The molecule has 1 saturated carbocycles. The van der Waals surface area contributed by atoms with Gasteiger partial charge in [0.1, 0.15) is 0 Å². The molecule has 2 aliphatic rings. The zero-order valence-electron chi connectivity index (χ0n) is 11.4. The van der Waals surface area contributed by atoms with E-state index in [9.17, 15) is 0 Å². The Bertz CT molecular complexity index is 401. The van der Waals surface area contributed by atoms with E-state index in [-0.39, 0.29) is 5.41 Å². The zero-order chi connectivity index (χ0) is 12.6. The van der Waals surface area contributed by atoms with Crippen LogP contribution in [0.3, 0.4) is 0 Å². The molecule has 1 N–H and O–H groups in total. The van der Waals surface area contributed by atoms with Crippen molar-refractivity contribution in [2.75, 3.05) is 13.1 Å². The quantitative estimate of drug-likeness (QED) is 0.875. The van der Waals surface area contributed by atoms with Crippen molar-refractivity contribution in [2.24, 2.45) is 5.92 Å². The standard InChI is InChI=1S/C14H23N3O/c1-10-3-5-11(6-4-10)12-16-13(18-17-12)14(2)7-8-15-9-14/h10-11,15H,3-9H2,1-2H3. The average molecular weight is 249 g/mol. The Morgan fingerprint density at radius 1 is 1.28 bits per heavy atom. The number of aromatic nitrogens is 2. The highest BCUT2D eigenvalue weighted by Gasteiger charge is 2.37. The van der Waals surface area contributed by atoms with Crippen LogP contribution in [0.25, 0.3) is 0 Å². The second kappa shape index (κ2) is 4.65. The van der Waals surface area contributed by atoms with Gasteiger partial charge in [-0.05, 0) is 38.6 Å². The van der Waals surface area contributed by atoms with Crippen LogP contribution in [0.15, 0.2) is 4.52 Å². The van der Waals surface area contributed by atoms with Crippen LogP contribution in [0, 0.1) is 5.92 Å². The van der Waals surface area contributed by atoms with Crippen LogP contribution in [0.1, 0.15) is 63.6 Å². The van der Waals surface area contributed by atoms with Crippen LogP contribution in [0.4, 0.5) is 0 Å². The maximum Gasteiger partial charge on any atom is 0.233 e. The van der Waals surface area contributed by atoms with E-state index in [0.717, 1.165) is 37.1 Å². The molecule has 1 aliphatic heterocycles. The SMILES string of the molecule is CC1CCC(c2noc(C3(C)CCNC3)n2)CC1. The predicted molar refractivity (Wildman–Crippen MR) is 69.5 cm³/mol. The van der Waals surface area contributed by atoms with Gasteiger partial charge in [-0.25, -0.2) is 0 Å². The average Bonchev–Trinajstić information content (AvgIpc) is 2.99.